The molecule has 0 aliphatic heterocycles. The maximum Gasteiger partial charge on any atom is 0.273 e. The molecule has 0 amide bonds. The van der Waals surface area contributed by atoms with Gasteiger partial charge in [0.25, 0.3) is 11.6 Å². The first-order valence-electron chi connectivity index (χ1n) is 6.79. The summed E-state index contributed by atoms with van der Waals surface area (Å²) in [5, 5.41) is 14.9. The lowest BCUT2D eigenvalue weighted by Gasteiger charge is -2.21. The van der Waals surface area contributed by atoms with E-state index in [0.29, 0.717) is 29.8 Å². The van der Waals surface area contributed by atoms with E-state index >= 15 is 0 Å². The Morgan fingerprint density at radius 3 is 2.62 bits per heavy atom. The third kappa shape index (κ3) is 2.78. The van der Waals surface area contributed by atoms with Crippen LogP contribution in [0, 0.1) is 17.0 Å². The fraction of sp³-hybridized carbons (Fsp3) is 0.429. The highest BCUT2D eigenvalue weighted by atomic mass is 16.6. The van der Waals surface area contributed by atoms with Gasteiger partial charge in [-0.1, -0.05) is 25.1 Å². The number of nitrogens with zero attached hydrogens (tertiary/aromatic N) is 3. The van der Waals surface area contributed by atoms with E-state index in [9.17, 15) is 10.1 Å². The van der Waals surface area contributed by atoms with Gasteiger partial charge in [0.15, 0.2) is 5.82 Å². The average Bonchev–Trinajstić information content (AvgIpc) is 2.97. The number of nitro groups is 1. The summed E-state index contributed by atoms with van der Waals surface area (Å²) in [6.45, 7) is 5.59. The molecule has 0 radical (unpaired) electrons. The van der Waals surface area contributed by atoms with Gasteiger partial charge < -0.3 is 10.3 Å². The highest BCUT2D eigenvalue weighted by molar-refractivity contribution is 5.60. The Labute approximate surface area is 122 Å². The van der Waals surface area contributed by atoms with E-state index < -0.39 is 10.5 Å². The van der Waals surface area contributed by atoms with Crippen molar-refractivity contribution in [2.24, 2.45) is 5.73 Å². The van der Waals surface area contributed by atoms with Gasteiger partial charge in [-0.2, -0.15) is 4.98 Å². The van der Waals surface area contributed by atoms with Crippen LogP contribution in [0.2, 0.25) is 0 Å². The van der Waals surface area contributed by atoms with Crippen molar-refractivity contribution in [3.63, 3.8) is 0 Å². The summed E-state index contributed by atoms with van der Waals surface area (Å²) in [5.74, 6) is 0.663. The minimum atomic E-state index is -0.640. The molecule has 0 saturated carbocycles. The summed E-state index contributed by atoms with van der Waals surface area (Å²) >= 11 is 0. The van der Waals surface area contributed by atoms with E-state index in [0.717, 1.165) is 0 Å². The molecule has 0 unspecified atom stereocenters. The van der Waals surface area contributed by atoms with Gasteiger partial charge in [0, 0.05) is 17.2 Å². The Morgan fingerprint density at radius 2 is 2.05 bits per heavy atom. The van der Waals surface area contributed by atoms with Crippen LogP contribution in [0.25, 0.3) is 11.5 Å². The Morgan fingerprint density at radius 1 is 1.38 bits per heavy atom. The second-order valence-electron chi connectivity index (χ2n) is 5.04. The molecule has 2 aromatic rings. The van der Waals surface area contributed by atoms with E-state index in [1.54, 1.807) is 19.1 Å². The van der Waals surface area contributed by atoms with E-state index in [1.807, 2.05) is 13.8 Å². The van der Waals surface area contributed by atoms with Gasteiger partial charge in [-0.3, -0.25) is 10.1 Å². The fourth-order valence-electron chi connectivity index (χ4n) is 2.05. The molecule has 0 spiro atoms. The Hall–Kier alpha value is -2.28. The van der Waals surface area contributed by atoms with Gasteiger partial charge >= 0.3 is 0 Å². The van der Waals surface area contributed by atoms with Crippen LogP contribution in [0.5, 0.6) is 0 Å². The summed E-state index contributed by atoms with van der Waals surface area (Å²) in [4.78, 5) is 14.9. The molecule has 7 heteroatoms. The first-order valence-corrected chi connectivity index (χ1v) is 6.79. The number of aryl methyl sites for hydroxylation is 1. The minimum Gasteiger partial charge on any atom is -0.334 e. The molecule has 2 rings (SSSR count). The number of nitrogens with two attached hydrogens (primary N) is 1. The fourth-order valence-corrected chi connectivity index (χ4v) is 2.05. The van der Waals surface area contributed by atoms with Crippen LogP contribution in [-0.4, -0.2) is 15.1 Å². The van der Waals surface area contributed by atoms with Crippen molar-refractivity contribution in [1.29, 1.82) is 0 Å². The van der Waals surface area contributed by atoms with E-state index in [1.165, 1.54) is 6.07 Å². The molecule has 7 nitrogen and oxygen atoms in total. The quantitative estimate of drug-likeness (QED) is 0.670. The highest BCUT2D eigenvalue weighted by Crippen LogP contribution is 2.28. The zero-order valence-electron chi connectivity index (χ0n) is 12.3. The molecule has 112 valence electrons. The summed E-state index contributed by atoms with van der Waals surface area (Å²) in [6.07, 6.45) is 1.35. The van der Waals surface area contributed by atoms with Crippen molar-refractivity contribution in [3.8, 4) is 11.5 Å². The molecule has 2 N–H and O–H groups in total. The first-order chi connectivity index (χ1) is 9.91. The molecular weight excluding hydrogens is 272 g/mol. The third-order valence-corrected chi connectivity index (χ3v) is 3.79. The largest absolute Gasteiger partial charge is 0.334 e. The molecule has 0 aliphatic rings. The van der Waals surface area contributed by atoms with Crippen molar-refractivity contribution in [2.75, 3.05) is 0 Å². The number of hydrogen-bond donors (Lipinski definition) is 1. The van der Waals surface area contributed by atoms with Crippen molar-refractivity contribution < 1.29 is 9.45 Å². The molecule has 0 fully saturated rings. The molecule has 0 atom stereocenters. The Balaban J connectivity index is 2.43. The van der Waals surface area contributed by atoms with Crippen LogP contribution in [-0.2, 0) is 5.54 Å². The lowest BCUT2D eigenvalue weighted by molar-refractivity contribution is -0.385. The smallest absolute Gasteiger partial charge is 0.273 e. The summed E-state index contributed by atoms with van der Waals surface area (Å²) in [7, 11) is 0. The van der Waals surface area contributed by atoms with Crippen LogP contribution in [0.15, 0.2) is 22.7 Å². The normalized spacial score (nSPS) is 11.6. The van der Waals surface area contributed by atoms with Gasteiger partial charge in [-0.25, -0.2) is 0 Å². The molecule has 1 aromatic carbocycles. The average molecular weight is 290 g/mol. The molecule has 21 heavy (non-hydrogen) atoms. The number of hydrogen-bond acceptors (Lipinski definition) is 6. The molecule has 0 bridgehead atoms. The van der Waals surface area contributed by atoms with Crippen molar-refractivity contribution in [2.45, 2.75) is 39.2 Å². The van der Waals surface area contributed by atoms with Crippen LogP contribution in [0.1, 0.15) is 38.1 Å². The summed E-state index contributed by atoms with van der Waals surface area (Å²) in [5.41, 5.74) is 6.70. The number of aromatic nitrogens is 2. The lowest BCUT2D eigenvalue weighted by Crippen LogP contribution is -2.36. The molecular formula is C14H18N4O3. The highest BCUT2D eigenvalue weighted by Gasteiger charge is 2.29. The van der Waals surface area contributed by atoms with Gasteiger partial charge in [0.1, 0.15) is 0 Å². The summed E-state index contributed by atoms with van der Waals surface area (Å²) in [6, 6.07) is 4.81. The van der Waals surface area contributed by atoms with Gasteiger partial charge in [-0.05, 0) is 25.8 Å². The van der Waals surface area contributed by atoms with E-state index in [4.69, 9.17) is 10.3 Å². The molecule has 0 saturated heterocycles. The second kappa shape index (κ2) is 5.61. The van der Waals surface area contributed by atoms with Crippen molar-refractivity contribution >= 4 is 5.69 Å². The second-order valence-corrected chi connectivity index (χ2v) is 5.04. The van der Waals surface area contributed by atoms with Crippen LogP contribution in [0.3, 0.4) is 0 Å². The lowest BCUT2D eigenvalue weighted by atomic mass is 9.93. The molecule has 1 heterocycles. The number of nitro benzene ring substituents is 1. The topological polar surface area (TPSA) is 108 Å². The zero-order valence-corrected chi connectivity index (χ0v) is 12.3. The third-order valence-electron chi connectivity index (χ3n) is 3.79. The SMILES string of the molecule is CCC(N)(CC)c1noc(-c2ccc(C)c([N+](=O)[O-])c2)n1. The van der Waals surface area contributed by atoms with E-state index in [2.05, 4.69) is 10.1 Å². The van der Waals surface area contributed by atoms with Crippen LogP contribution in [0.4, 0.5) is 5.69 Å². The van der Waals surface area contributed by atoms with E-state index in [-0.39, 0.29) is 11.6 Å². The predicted octanol–water partition coefficient (Wildman–Crippen LogP) is 2.93. The molecule has 0 aliphatic carbocycles. The standard InChI is InChI=1S/C14H18N4O3/c1-4-14(15,5-2)13-16-12(21-17-13)10-7-6-9(3)11(8-10)18(19)20/h6-8H,4-5,15H2,1-3H3. The monoisotopic (exact) mass is 290 g/mol. The number of benzene rings is 1. The van der Waals surface area contributed by atoms with Crippen molar-refractivity contribution in [1.82, 2.24) is 10.1 Å². The van der Waals surface area contributed by atoms with Crippen molar-refractivity contribution in [3.05, 3.63) is 39.7 Å². The summed E-state index contributed by atoms with van der Waals surface area (Å²) < 4.78 is 5.21. The molecule has 1 aromatic heterocycles. The zero-order chi connectivity index (χ0) is 15.6. The van der Waals surface area contributed by atoms with Gasteiger partial charge in [0.2, 0.25) is 0 Å². The maximum absolute atomic E-state index is 11.0. The predicted molar refractivity (Wildman–Crippen MR) is 77.6 cm³/mol. The van der Waals surface area contributed by atoms with Gasteiger partial charge in [0.05, 0.1) is 10.5 Å². The van der Waals surface area contributed by atoms with Gasteiger partial charge in [-0.15, -0.1) is 0 Å². The number of rotatable bonds is 5. The first kappa shape index (κ1) is 15.1. The van der Waals surface area contributed by atoms with Crippen LogP contribution < -0.4 is 5.73 Å². The Kier molecular flexibility index (Phi) is 4.04. The Bertz CT molecular complexity index is 662. The maximum atomic E-state index is 11.0. The van der Waals surface area contributed by atoms with Crippen LogP contribution >= 0.6 is 0 Å². The minimum absolute atomic E-state index is 0.0252.